The summed E-state index contributed by atoms with van der Waals surface area (Å²) < 4.78 is 30.7. The van der Waals surface area contributed by atoms with Crippen LogP contribution >= 0.6 is 0 Å². The minimum atomic E-state index is -3.22. The molecule has 0 N–H and O–H groups in total. The van der Waals surface area contributed by atoms with E-state index in [1.54, 1.807) is 4.90 Å². The van der Waals surface area contributed by atoms with E-state index in [1.165, 1.54) is 10.6 Å². The minimum absolute atomic E-state index is 0.184. The molecular formula is C19H20N2O4S. The van der Waals surface area contributed by atoms with Crippen molar-refractivity contribution in [3.05, 3.63) is 47.7 Å². The molecular weight excluding hydrogens is 352 g/mol. The van der Waals surface area contributed by atoms with Crippen molar-refractivity contribution in [2.45, 2.75) is 6.92 Å². The van der Waals surface area contributed by atoms with Crippen LogP contribution in [0.15, 0.2) is 40.8 Å². The minimum Gasteiger partial charge on any atom is -0.450 e. The Morgan fingerprint density at radius 3 is 2.38 bits per heavy atom. The lowest BCUT2D eigenvalue weighted by molar-refractivity contribution is 0.0668. The van der Waals surface area contributed by atoms with Crippen LogP contribution in [0.4, 0.5) is 0 Å². The van der Waals surface area contributed by atoms with Gasteiger partial charge in [0.2, 0.25) is 10.0 Å². The monoisotopic (exact) mass is 372 g/mol. The summed E-state index contributed by atoms with van der Waals surface area (Å²) in [5.41, 5.74) is 1.54. The molecule has 0 atom stereocenters. The van der Waals surface area contributed by atoms with Gasteiger partial charge < -0.3 is 9.32 Å². The van der Waals surface area contributed by atoms with Gasteiger partial charge >= 0.3 is 0 Å². The molecule has 2 heterocycles. The third kappa shape index (κ3) is 2.77. The smallest absolute Gasteiger partial charge is 0.289 e. The molecule has 0 radical (unpaired) electrons. The first-order valence-electron chi connectivity index (χ1n) is 8.51. The second kappa shape index (κ2) is 6.10. The van der Waals surface area contributed by atoms with Gasteiger partial charge in [-0.3, -0.25) is 4.79 Å². The van der Waals surface area contributed by atoms with E-state index in [9.17, 15) is 13.2 Å². The highest BCUT2D eigenvalue weighted by Crippen LogP contribution is 2.32. The summed E-state index contributed by atoms with van der Waals surface area (Å²) >= 11 is 0. The fraction of sp³-hybridized carbons (Fsp3) is 0.316. The maximum atomic E-state index is 12.9. The number of benzene rings is 2. The van der Waals surface area contributed by atoms with Crippen LogP contribution in [0.3, 0.4) is 0 Å². The Morgan fingerprint density at radius 2 is 1.69 bits per heavy atom. The van der Waals surface area contributed by atoms with Crippen molar-refractivity contribution in [3.63, 3.8) is 0 Å². The summed E-state index contributed by atoms with van der Waals surface area (Å²) in [6.45, 7) is 3.24. The number of hydrogen-bond donors (Lipinski definition) is 0. The zero-order chi connectivity index (χ0) is 18.5. The summed E-state index contributed by atoms with van der Waals surface area (Å²) in [6.07, 6.45) is 1.19. The summed E-state index contributed by atoms with van der Waals surface area (Å²) in [4.78, 5) is 14.6. The van der Waals surface area contributed by atoms with Crippen LogP contribution in [0.1, 0.15) is 16.1 Å². The molecule has 1 fully saturated rings. The van der Waals surface area contributed by atoms with E-state index in [2.05, 4.69) is 0 Å². The Morgan fingerprint density at radius 1 is 1.00 bits per heavy atom. The topological polar surface area (TPSA) is 70.8 Å². The number of fused-ring (bicyclic) bond motifs is 3. The SMILES string of the molecule is Cc1c(C(=O)N2CCN(S(C)(=O)=O)CC2)oc2c1ccc1ccccc12. The number of piperazine rings is 1. The zero-order valence-electron chi connectivity index (χ0n) is 14.7. The van der Waals surface area contributed by atoms with Crippen LogP contribution < -0.4 is 0 Å². The molecule has 0 aliphatic carbocycles. The van der Waals surface area contributed by atoms with Crippen molar-refractivity contribution >= 4 is 37.7 Å². The molecule has 1 aliphatic heterocycles. The second-order valence-electron chi connectivity index (χ2n) is 6.67. The Bertz CT molecular complexity index is 1110. The number of carbonyl (C=O) groups is 1. The molecule has 0 unspecified atom stereocenters. The van der Waals surface area contributed by atoms with E-state index in [-0.39, 0.29) is 5.91 Å². The average molecular weight is 372 g/mol. The standard InChI is InChI=1S/C19H20N2O4S/c1-13-15-8-7-14-5-3-4-6-16(14)18(15)25-17(13)19(22)20-9-11-21(12-10-20)26(2,23)24/h3-8H,9-12H2,1-2H3. The molecule has 0 bridgehead atoms. The fourth-order valence-electron chi connectivity index (χ4n) is 3.52. The average Bonchev–Trinajstić information content (AvgIpc) is 2.98. The van der Waals surface area contributed by atoms with Crippen molar-refractivity contribution in [2.24, 2.45) is 0 Å². The molecule has 1 aliphatic rings. The van der Waals surface area contributed by atoms with E-state index in [0.29, 0.717) is 31.9 Å². The lowest BCUT2D eigenvalue weighted by Crippen LogP contribution is -2.50. The van der Waals surface area contributed by atoms with Crippen LogP contribution in [-0.2, 0) is 10.0 Å². The van der Waals surface area contributed by atoms with Gasteiger partial charge in [-0.1, -0.05) is 36.4 Å². The van der Waals surface area contributed by atoms with Gasteiger partial charge in [0, 0.05) is 42.5 Å². The summed E-state index contributed by atoms with van der Waals surface area (Å²) in [5.74, 6) is 0.153. The van der Waals surface area contributed by atoms with Gasteiger partial charge in [-0.05, 0) is 12.3 Å². The first-order chi connectivity index (χ1) is 12.4. The molecule has 7 heteroatoms. The van der Waals surface area contributed by atoms with Crippen LogP contribution in [0, 0.1) is 6.92 Å². The van der Waals surface area contributed by atoms with E-state index in [0.717, 1.165) is 27.3 Å². The molecule has 0 saturated carbocycles. The van der Waals surface area contributed by atoms with E-state index in [1.807, 2.05) is 43.3 Å². The van der Waals surface area contributed by atoms with Gasteiger partial charge in [0.05, 0.1) is 6.26 Å². The van der Waals surface area contributed by atoms with Crippen molar-refractivity contribution < 1.29 is 17.6 Å². The number of carbonyl (C=O) groups excluding carboxylic acids is 1. The van der Waals surface area contributed by atoms with Crippen molar-refractivity contribution in [2.75, 3.05) is 32.4 Å². The largest absolute Gasteiger partial charge is 0.450 e. The van der Waals surface area contributed by atoms with Gasteiger partial charge in [-0.15, -0.1) is 0 Å². The van der Waals surface area contributed by atoms with Crippen molar-refractivity contribution in [1.82, 2.24) is 9.21 Å². The molecule has 1 aromatic heterocycles. The number of hydrogen-bond acceptors (Lipinski definition) is 4. The van der Waals surface area contributed by atoms with Gasteiger partial charge in [0.25, 0.3) is 5.91 Å². The number of aryl methyl sites for hydroxylation is 1. The molecule has 136 valence electrons. The Kier molecular flexibility index (Phi) is 4.00. The Balaban J connectivity index is 1.68. The number of sulfonamides is 1. The predicted molar refractivity (Wildman–Crippen MR) is 101 cm³/mol. The van der Waals surface area contributed by atoms with Gasteiger partial charge in [-0.25, -0.2) is 8.42 Å². The lowest BCUT2D eigenvalue weighted by atomic mass is 10.1. The third-order valence-corrected chi connectivity index (χ3v) is 6.32. The number of rotatable bonds is 2. The predicted octanol–water partition coefficient (Wildman–Crippen LogP) is 2.61. The molecule has 4 rings (SSSR count). The summed E-state index contributed by atoms with van der Waals surface area (Å²) in [6, 6.07) is 11.9. The zero-order valence-corrected chi connectivity index (χ0v) is 15.5. The van der Waals surface area contributed by atoms with Crippen LogP contribution in [0.2, 0.25) is 0 Å². The van der Waals surface area contributed by atoms with E-state index >= 15 is 0 Å². The third-order valence-electron chi connectivity index (χ3n) is 5.02. The van der Waals surface area contributed by atoms with Crippen molar-refractivity contribution in [3.8, 4) is 0 Å². The van der Waals surface area contributed by atoms with Gasteiger partial charge in [0.1, 0.15) is 5.58 Å². The second-order valence-corrected chi connectivity index (χ2v) is 8.66. The maximum Gasteiger partial charge on any atom is 0.289 e. The van der Waals surface area contributed by atoms with Crippen LogP contribution in [0.5, 0.6) is 0 Å². The maximum absolute atomic E-state index is 12.9. The highest BCUT2D eigenvalue weighted by Gasteiger charge is 2.29. The first kappa shape index (κ1) is 17.1. The molecule has 2 aromatic carbocycles. The Labute approximate surface area is 152 Å². The van der Waals surface area contributed by atoms with Gasteiger partial charge in [-0.2, -0.15) is 4.31 Å². The fourth-order valence-corrected chi connectivity index (χ4v) is 4.35. The molecule has 1 amide bonds. The molecule has 3 aromatic rings. The normalized spacial score (nSPS) is 16.5. The number of furan rings is 1. The van der Waals surface area contributed by atoms with Crippen molar-refractivity contribution in [1.29, 1.82) is 0 Å². The quantitative estimate of drug-likeness (QED) is 0.693. The van der Waals surface area contributed by atoms with Gasteiger partial charge in [0.15, 0.2) is 5.76 Å². The Hall–Kier alpha value is -2.38. The van der Waals surface area contributed by atoms with Crippen LogP contribution in [-0.4, -0.2) is 56.0 Å². The molecule has 1 saturated heterocycles. The summed E-state index contributed by atoms with van der Waals surface area (Å²) in [5, 5.41) is 2.98. The number of nitrogens with zero attached hydrogens (tertiary/aromatic N) is 2. The number of amides is 1. The van der Waals surface area contributed by atoms with E-state index < -0.39 is 10.0 Å². The first-order valence-corrected chi connectivity index (χ1v) is 10.4. The van der Waals surface area contributed by atoms with E-state index in [4.69, 9.17) is 4.42 Å². The highest BCUT2D eigenvalue weighted by molar-refractivity contribution is 7.88. The molecule has 6 nitrogen and oxygen atoms in total. The molecule has 0 spiro atoms. The van der Waals surface area contributed by atoms with Crippen LogP contribution in [0.25, 0.3) is 21.7 Å². The molecule has 26 heavy (non-hydrogen) atoms. The lowest BCUT2D eigenvalue weighted by Gasteiger charge is -2.32. The highest BCUT2D eigenvalue weighted by atomic mass is 32.2. The summed E-state index contributed by atoms with van der Waals surface area (Å²) in [7, 11) is -3.22.